The van der Waals surface area contributed by atoms with Crippen molar-refractivity contribution in [2.45, 2.75) is 32.1 Å². The van der Waals surface area contributed by atoms with Crippen LogP contribution in [0.1, 0.15) is 18.4 Å². The van der Waals surface area contributed by atoms with E-state index in [0.717, 1.165) is 12.0 Å². The lowest BCUT2D eigenvalue weighted by Gasteiger charge is -1.99. The summed E-state index contributed by atoms with van der Waals surface area (Å²) in [7, 11) is 0. The second-order valence-corrected chi connectivity index (χ2v) is 3.40. The average Bonchev–Trinajstić information content (AvgIpc) is 2.30. The normalized spacial score (nSPS) is 10.3. The van der Waals surface area contributed by atoms with Crippen LogP contribution in [0.3, 0.4) is 0 Å². The van der Waals surface area contributed by atoms with Gasteiger partial charge in [0.25, 0.3) is 6.43 Å². The molecule has 0 aromatic heterocycles. The molecule has 0 amide bonds. The van der Waals surface area contributed by atoms with Crippen molar-refractivity contribution in [3.8, 4) is 0 Å². The average molecular weight is 251 g/mol. The summed E-state index contributed by atoms with van der Waals surface area (Å²) in [5.74, 6) is 0. The van der Waals surface area contributed by atoms with Gasteiger partial charge in [-0.15, -0.1) is 0 Å². The van der Waals surface area contributed by atoms with E-state index >= 15 is 0 Å². The van der Waals surface area contributed by atoms with Gasteiger partial charge in [-0.1, -0.05) is 30.3 Å². The maximum absolute atomic E-state index is 11.7. The van der Waals surface area contributed by atoms with Gasteiger partial charge in [0.2, 0.25) is 6.43 Å². The van der Waals surface area contributed by atoms with Gasteiger partial charge in [0.1, 0.15) is 0 Å². The first-order valence-electron chi connectivity index (χ1n) is 5.36. The number of aryl methyl sites for hydroxylation is 1. The molecule has 17 heavy (non-hydrogen) atoms. The van der Waals surface area contributed by atoms with E-state index in [-0.39, 0.29) is 6.42 Å². The van der Waals surface area contributed by atoms with Gasteiger partial charge in [-0.2, -0.15) is 0 Å². The first kappa shape index (κ1) is 15.9. The molecule has 98 valence electrons. The Kier molecular flexibility index (Phi) is 9.43. The fourth-order valence-corrected chi connectivity index (χ4v) is 1.11. The van der Waals surface area contributed by atoms with Gasteiger partial charge in [-0.25, -0.2) is 17.6 Å². The lowest BCUT2D eigenvalue weighted by molar-refractivity contribution is 0.135. The maximum atomic E-state index is 11.7. The van der Waals surface area contributed by atoms with Crippen LogP contribution < -0.4 is 5.73 Å². The molecular weight excluding hydrogens is 234 g/mol. The third-order valence-electron chi connectivity index (χ3n) is 1.91. The van der Waals surface area contributed by atoms with Crippen molar-refractivity contribution < 1.29 is 17.6 Å². The van der Waals surface area contributed by atoms with Crippen LogP contribution >= 0.6 is 0 Å². The zero-order chi connectivity index (χ0) is 13.1. The molecule has 1 aromatic carbocycles. The molecule has 1 rings (SSSR count). The highest BCUT2D eigenvalue weighted by atomic mass is 19.3. The molecule has 0 spiro atoms. The predicted octanol–water partition coefficient (Wildman–Crippen LogP) is 3.48. The summed E-state index contributed by atoms with van der Waals surface area (Å²) in [6.07, 6.45) is -3.16. The molecule has 0 unspecified atom stereocenters. The summed E-state index contributed by atoms with van der Waals surface area (Å²) in [6.45, 7) is -0.528. The van der Waals surface area contributed by atoms with Crippen molar-refractivity contribution in [1.29, 1.82) is 0 Å². The fraction of sp³-hybridized carbons (Fsp3) is 0.500. The van der Waals surface area contributed by atoms with E-state index in [1.165, 1.54) is 0 Å². The van der Waals surface area contributed by atoms with E-state index in [0.29, 0.717) is 6.42 Å². The minimum Gasteiger partial charge on any atom is -0.325 e. The number of hydrogen-bond acceptors (Lipinski definition) is 1. The van der Waals surface area contributed by atoms with Crippen LogP contribution in [0.15, 0.2) is 30.3 Å². The molecule has 0 fully saturated rings. The molecule has 0 saturated heterocycles. The monoisotopic (exact) mass is 251 g/mol. The Morgan fingerprint density at radius 3 is 1.88 bits per heavy atom. The van der Waals surface area contributed by atoms with E-state index in [1.54, 1.807) is 0 Å². The quantitative estimate of drug-likeness (QED) is 0.796. The highest BCUT2D eigenvalue weighted by molar-refractivity contribution is 5.14. The number of rotatable bonds is 5. The van der Waals surface area contributed by atoms with E-state index in [4.69, 9.17) is 0 Å². The summed E-state index contributed by atoms with van der Waals surface area (Å²) in [5, 5.41) is 0. The van der Waals surface area contributed by atoms with Crippen molar-refractivity contribution in [2.24, 2.45) is 5.73 Å². The first-order chi connectivity index (χ1) is 8.06. The molecule has 0 radical (unpaired) electrons. The van der Waals surface area contributed by atoms with Crippen molar-refractivity contribution in [2.75, 3.05) is 6.54 Å². The minimum absolute atomic E-state index is 0.00882. The van der Waals surface area contributed by atoms with Crippen LogP contribution in [0.4, 0.5) is 17.6 Å². The second kappa shape index (κ2) is 10.1. The predicted molar refractivity (Wildman–Crippen MR) is 60.4 cm³/mol. The number of halogens is 4. The van der Waals surface area contributed by atoms with Crippen molar-refractivity contribution in [3.05, 3.63) is 35.9 Å². The lowest BCUT2D eigenvalue weighted by atomic mass is 10.1. The van der Waals surface area contributed by atoms with Crippen LogP contribution in [0, 0.1) is 0 Å². The molecule has 0 aliphatic heterocycles. The Morgan fingerprint density at radius 2 is 1.47 bits per heavy atom. The third kappa shape index (κ3) is 11.2. The highest BCUT2D eigenvalue weighted by Gasteiger charge is 2.01. The smallest absolute Gasteiger partial charge is 0.250 e. The summed E-state index contributed by atoms with van der Waals surface area (Å²) < 4.78 is 44.8. The fourth-order valence-electron chi connectivity index (χ4n) is 1.11. The van der Waals surface area contributed by atoms with Crippen LogP contribution in [0.5, 0.6) is 0 Å². The molecule has 0 aliphatic rings. The Balaban J connectivity index is 0.000000437. The maximum Gasteiger partial charge on any atom is 0.250 e. The van der Waals surface area contributed by atoms with Crippen molar-refractivity contribution in [1.82, 2.24) is 0 Å². The van der Waals surface area contributed by atoms with Crippen LogP contribution in [-0.2, 0) is 6.42 Å². The molecule has 0 saturated carbocycles. The molecule has 0 atom stereocenters. The van der Waals surface area contributed by atoms with Crippen LogP contribution in [-0.4, -0.2) is 19.4 Å². The Hall–Kier alpha value is -1.10. The molecule has 0 bridgehead atoms. The standard InChI is InChI=1S/C10H12F2.C2H5F2N/c11-10(12)8-4-7-9-5-2-1-3-6-9;3-2(4)1-5/h1-3,5-6,10H,4,7-8H2;2H,1,5H2. The zero-order valence-electron chi connectivity index (χ0n) is 9.46. The molecule has 0 heterocycles. The van der Waals surface area contributed by atoms with Gasteiger partial charge >= 0.3 is 0 Å². The Bertz CT molecular complexity index is 264. The summed E-state index contributed by atoms with van der Waals surface area (Å²) >= 11 is 0. The van der Waals surface area contributed by atoms with Gasteiger partial charge in [0.15, 0.2) is 0 Å². The largest absolute Gasteiger partial charge is 0.325 e. The van der Waals surface area contributed by atoms with E-state index in [9.17, 15) is 17.6 Å². The summed E-state index contributed by atoms with van der Waals surface area (Å²) in [6, 6.07) is 9.71. The first-order valence-corrected chi connectivity index (χ1v) is 5.36. The third-order valence-corrected chi connectivity index (χ3v) is 1.91. The van der Waals surface area contributed by atoms with E-state index in [1.807, 2.05) is 30.3 Å². The van der Waals surface area contributed by atoms with Crippen molar-refractivity contribution in [3.63, 3.8) is 0 Å². The van der Waals surface area contributed by atoms with Gasteiger partial charge in [0.05, 0.1) is 6.54 Å². The van der Waals surface area contributed by atoms with Crippen LogP contribution in [0.25, 0.3) is 0 Å². The summed E-state index contributed by atoms with van der Waals surface area (Å²) in [5.41, 5.74) is 5.56. The molecular formula is C12H17F4N. The minimum atomic E-state index is -2.34. The molecule has 2 N–H and O–H groups in total. The second-order valence-electron chi connectivity index (χ2n) is 3.40. The van der Waals surface area contributed by atoms with E-state index in [2.05, 4.69) is 5.73 Å². The van der Waals surface area contributed by atoms with E-state index < -0.39 is 19.4 Å². The van der Waals surface area contributed by atoms with Gasteiger partial charge in [-0.3, -0.25) is 0 Å². The molecule has 5 heteroatoms. The number of benzene rings is 1. The van der Waals surface area contributed by atoms with Crippen molar-refractivity contribution >= 4 is 0 Å². The van der Waals surface area contributed by atoms with Gasteiger partial charge in [0, 0.05) is 6.42 Å². The molecule has 1 nitrogen and oxygen atoms in total. The highest BCUT2D eigenvalue weighted by Crippen LogP contribution is 2.08. The topological polar surface area (TPSA) is 26.0 Å². The lowest BCUT2D eigenvalue weighted by Crippen LogP contribution is -2.08. The van der Waals surface area contributed by atoms with Gasteiger partial charge < -0.3 is 5.73 Å². The molecule has 1 aromatic rings. The zero-order valence-corrected chi connectivity index (χ0v) is 9.46. The SMILES string of the molecule is FC(F)CCCc1ccccc1.NCC(F)F. The Morgan fingerprint density at radius 1 is 0.941 bits per heavy atom. The summed E-state index contributed by atoms with van der Waals surface area (Å²) in [4.78, 5) is 0. The van der Waals surface area contributed by atoms with Gasteiger partial charge in [-0.05, 0) is 18.4 Å². The number of hydrogen-bond donors (Lipinski definition) is 1. The molecule has 0 aliphatic carbocycles. The Labute approximate surface area is 98.6 Å². The number of alkyl halides is 4. The number of nitrogens with two attached hydrogens (primary N) is 1. The van der Waals surface area contributed by atoms with Crippen LogP contribution in [0.2, 0.25) is 0 Å².